The molecule has 1 unspecified atom stereocenters. The maximum atomic E-state index is 5.78. The molecule has 0 aliphatic rings. The largest absolute Gasteiger partial charge is 0.383 e. The van der Waals surface area contributed by atoms with Gasteiger partial charge in [0.2, 0.25) is 0 Å². The third-order valence-electron chi connectivity index (χ3n) is 2.36. The van der Waals surface area contributed by atoms with E-state index in [1.54, 1.807) is 13.3 Å². The van der Waals surface area contributed by atoms with Gasteiger partial charge in [-0.3, -0.25) is 0 Å². The molecule has 0 amide bonds. The average molecular weight is 341 g/mol. The van der Waals surface area contributed by atoms with Gasteiger partial charge in [-0.05, 0) is 28.2 Å². The van der Waals surface area contributed by atoms with Gasteiger partial charge in [-0.25, -0.2) is 9.97 Å². The molecule has 17 heavy (non-hydrogen) atoms. The van der Waals surface area contributed by atoms with Crippen molar-refractivity contribution in [2.24, 2.45) is 0 Å². The van der Waals surface area contributed by atoms with E-state index in [-0.39, 0.29) is 6.10 Å². The first-order valence-corrected chi connectivity index (χ1v) is 6.16. The fourth-order valence-electron chi connectivity index (χ4n) is 1.54. The van der Waals surface area contributed by atoms with Crippen LogP contribution >= 0.6 is 22.6 Å². The Morgan fingerprint density at radius 3 is 2.59 bits per heavy atom. The van der Waals surface area contributed by atoms with Crippen LogP contribution in [-0.2, 0) is 4.74 Å². The number of benzene rings is 1. The Bertz CT molecular complexity index is 504. The van der Waals surface area contributed by atoms with E-state index >= 15 is 0 Å². The monoisotopic (exact) mass is 341 g/mol. The number of halogens is 1. The number of rotatable bonds is 3. The van der Waals surface area contributed by atoms with Crippen LogP contribution in [-0.4, -0.2) is 17.1 Å². The molecule has 5 heteroatoms. The number of hydrogen-bond acceptors (Lipinski definition) is 4. The molecule has 0 radical (unpaired) electrons. The number of ether oxygens (including phenoxy) is 1. The zero-order valence-corrected chi connectivity index (χ0v) is 11.5. The fraction of sp³-hybridized carbons (Fsp3) is 0.167. The lowest BCUT2D eigenvalue weighted by atomic mass is 10.1. The normalized spacial score (nSPS) is 12.4. The number of anilines is 1. The van der Waals surface area contributed by atoms with Gasteiger partial charge in [-0.15, -0.1) is 0 Å². The molecule has 0 aliphatic carbocycles. The first kappa shape index (κ1) is 12.3. The topological polar surface area (TPSA) is 61.0 Å². The summed E-state index contributed by atoms with van der Waals surface area (Å²) in [4.78, 5) is 8.52. The molecule has 0 saturated carbocycles. The molecule has 88 valence electrons. The highest BCUT2D eigenvalue weighted by molar-refractivity contribution is 14.1. The summed E-state index contributed by atoms with van der Waals surface area (Å²) in [5, 5.41) is 0. The lowest BCUT2D eigenvalue weighted by Gasteiger charge is -2.14. The minimum atomic E-state index is -0.282. The van der Waals surface area contributed by atoms with E-state index in [1.165, 1.54) is 0 Å². The molecule has 0 fully saturated rings. The molecule has 0 aliphatic heterocycles. The maximum Gasteiger partial charge on any atom is 0.164 e. The van der Waals surface area contributed by atoms with Crippen molar-refractivity contribution in [1.29, 1.82) is 0 Å². The van der Waals surface area contributed by atoms with Crippen molar-refractivity contribution < 1.29 is 4.74 Å². The number of nitrogens with two attached hydrogens (primary N) is 1. The minimum absolute atomic E-state index is 0.282. The molecule has 2 aromatic rings. The second-order valence-corrected chi connectivity index (χ2v) is 4.65. The second-order valence-electron chi connectivity index (χ2n) is 3.49. The van der Waals surface area contributed by atoms with Crippen LogP contribution in [0.2, 0.25) is 0 Å². The highest BCUT2D eigenvalue weighted by Gasteiger charge is 2.16. The minimum Gasteiger partial charge on any atom is -0.383 e. The van der Waals surface area contributed by atoms with Crippen LogP contribution in [0.15, 0.2) is 36.5 Å². The zero-order chi connectivity index (χ0) is 12.3. The van der Waals surface area contributed by atoms with Gasteiger partial charge in [0.25, 0.3) is 0 Å². The van der Waals surface area contributed by atoms with Crippen LogP contribution in [0, 0.1) is 3.57 Å². The van der Waals surface area contributed by atoms with E-state index in [4.69, 9.17) is 10.5 Å². The van der Waals surface area contributed by atoms with Gasteiger partial charge in [0.05, 0.1) is 3.57 Å². The fourth-order valence-corrected chi connectivity index (χ4v) is 1.80. The van der Waals surface area contributed by atoms with Gasteiger partial charge in [0.15, 0.2) is 5.82 Å². The molecule has 4 nitrogen and oxygen atoms in total. The first-order valence-electron chi connectivity index (χ1n) is 5.08. The van der Waals surface area contributed by atoms with Gasteiger partial charge >= 0.3 is 0 Å². The molecule has 1 atom stereocenters. The zero-order valence-electron chi connectivity index (χ0n) is 9.30. The van der Waals surface area contributed by atoms with Crippen molar-refractivity contribution in [2.45, 2.75) is 6.10 Å². The van der Waals surface area contributed by atoms with E-state index in [0.717, 1.165) is 9.13 Å². The summed E-state index contributed by atoms with van der Waals surface area (Å²) >= 11 is 2.10. The van der Waals surface area contributed by atoms with Gasteiger partial charge in [-0.2, -0.15) is 0 Å². The van der Waals surface area contributed by atoms with Crippen molar-refractivity contribution in [3.8, 4) is 0 Å². The molecule has 0 bridgehead atoms. The van der Waals surface area contributed by atoms with Gasteiger partial charge in [0.1, 0.15) is 11.9 Å². The molecule has 1 heterocycles. The van der Waals surface area contributed by atoms with E-state index in [2.05, 4.69) is 32.6 Å². The SMILES string of the molecule is COC(c1ccccc1)c1ncc(I)c(N)n1. The van der Waals surface area contributed by atoms with Crippen LogP contribution in [0.25, 0.3) is 0 Å². The first-order chi connectivity index (χ1) is 8.22. The average Bonchev–Trinajstić information content (AvgIpc) is 2.36. The molecule has 0 saturated heterocycles. The van der Waals surface area contributed by atoms with Crippen molar-refractivity contribution >= 4 is 28.4 Å². The molecular formula is C12H12IN3O. The predicted molar refractivity (Wildman–Crippen MR) is 74.5 cm³/mol. The molecule has 1 aromatic heterocycles. The Morgan fingerprint density at radius 2 is 2.00 bits per heavy atom. The molecule has 2 N–H and O–H groups in total. The maximum absolute atomic E-state index is 5.78. The molecule has 2 rings (SSSR count). The van der Waals surface area contributed by atoms with Crippen LogP contribution in [0.5, 0.6) is 0 Å². The Balaban J connectivity index is 2.39. The summed E-state index contributed by atoms with van der Waals surface area (Å²) in [5.41, 5.74) is 6.79. The molecule has 1 aromatic carbocycles. The van der Waals surface area contributed by atoms with Crippen molar-refractivity contribution in [3.63, 3.8) is 0 Å². The van der Waals surface area contributed by atoms with E-state index in [0.29, 0.717) is 11.6 Å². The highest BCUT2D eigenvalue weighted by Crippen LogP contribution is 2.23. The molecule has 0 spiro atoms. The van der Waals surface area contributed by atoms with E-state index < -0.39 is 0 Å². The summed E-state index contributed by atoms with van der Waals surface area (Å²) < 4.78 is 6.28. The number of nitrogens with zero attached hydrogens (tertiary/aromatic N) is 2. The highest BCUT2D eigenvalue weighted by atomic mass is 127. The van der Waals surface area contributed by atoms with Crippen molar-refractivity contribution in [2.75, 3.05) is 12.8 Å². The Labute approximate surface area is 113 Å². The van der Waals surface area contributed by atoms with Crippen LogP contribution < -0.4 is 5.73 Å². The predicted octanol–water partition coefficient (Wildman–Crippen LogP) is 2.40. The van der Waals surface area contributed by atoms with E-state index in [9.17, 15) is 0 Å². The number of hydrogen-bond donors (Lipinski definition) is 1. The summed E-state index contributed by atoms with van der Waals surface area (Å²) in [6, 6.07) is 9.82. The third kappa shape index (κ3) is 2.73. The number of aromatic nitrogens is 2. The van der Waals surface area contributed by atoms with Gasteiger partial charge < -0.3 is 10.5 Å². The summed E-state index contributed by atoms with van der Waals surface area (Å²) in [5.74, 6) is 1.06. The summed E-state index contributed by atoms with van der Waals surface area (Å²) in [6.07, 6.45) is 1.42. The Hall–Kier alpha value is -1.21. The second kappa shape index (κ2) is 5.42. The van der Waals surface area contributed by atoms with Gasteiger partial charge in [0, 0.05) is 13.3 Å². The Kier molecular flexibility index (Phi) is 3.90. The summed E-state index contributed by atoms with van der Waals surface area (Å²) in [7, 11) is 1.63. The quantitative estimate of drug-likeness (QED) is 0.871. The van der Waals surface area contributed by atoms with Crippen LogP contribution in [0.1, 0.15) is 17.5 Å². The van der Waals surface area contributed by atoms with Crippen molar-refractivity contribution in [3.05, 3.63) is 51.5 Å². The lowest BCUT2D eigenvalue weighted by molar-refractivity contribution is 0.129. The van der Waals surface area contributed by atoms with Gasteiger partial charge in [-0.1, -0.05) is 30.3 Å². The van der Waals surface area contributed by atoms with E-state index in [1.807, 2.05) is 30.3 Å². The standard InChI is InChI=1S/C12H12IN3O/c1-17-10(8-5-3-2-4-6-8)12-15-7-9(13)11(14)16-12/h2-7,10H,1H3,(H2,14,15,16). The number of nitrogen functional groups attached to an aromatic ring is 1. The number of methoxy groups -OCH3 is 1. The summed E-state index contributed by atoms with van der Waals surface area (Å²) in [6.45, 7) is 0. The molecular weight excluding hydrogens is 329 g/mol. The Morgan fingerprint density at radius 1 is 1.29 bits per heavy atom. The third-order valence-corrected chi connectivity index (χ3v) is 3.19. The smallest absolute Gasteiger partial charge is 0.164 e. The van der Waals surface area contributed by atoms with Crippen LogP contribution in [0.4, 0.5) is 5.82 Å². The van der Waals surface area contributed by atoms with Crippen molar-refractivity contribution in [1.82, 2.24) is 9.97 Å². The lowest BCUT2D eigenvalue weighted by Crippen LogP contribution is -2.10. The van der Waals surface area contributed by atoms with Crippen LogP contribution in [0.3, 0.4) is 0 Å².